The lowest BCUT2D eigenvalue weighted by Gasteiger charge is -2.44. The smallest absolute Gasteiger partial charge is 0.241 e. The maximum atomic E-state index is 5.36. The number of para-hydroxylation sites is 4. The van der Waals surface area contributed by atoms with E-state index in [2.05, 4.69) is 148 Å². The Balaban J connectivity index is 1.39. The fraction of sp³-hybridized carbons (Fsp3) is 0.209. The molecule has 0 saturated carbocycles. The normalized spacial score (nSPS) is 16.0. The number of hydrogen-bond acceptors (Lipinski definition) is 4. The highest BCUT2D eigenvalue weighted by Crippen LogP contribution is 2.62. The molecule has 6 heteroatoms. The van der Waals surface area contributed by atoms with Crippen molar-refractivity contribution in [3.05, 3.63) is 132 Å². The van der Waals surface area contributed by atoms with Gasteiger partial charge in [0.1, 0.15) is 0 Å². The second-order valence-corrected chi connectivity index (χ2v) is 14.9. The minimum Gasteiger partial charge on any atom is -0.276 e. The highest BCUT2D eigenvalue weighted by atomic mass is 15.3. The van der Waals surface area contributed by atoms with Crippen LogP contribution in [0.1, 0.15) is 52.7 Å². The van der Waals surface area contributed by atoms with E-state index in [-0.39, 0.29) is 16.2 Å². The van der Waals surface area contributed by atoms with Crippen LogP contribution in [-0.2, 0) is 10.8 Å². The third-order valence-electron chi connectivity index (χ3n) is 11.9. The predicted molar refractivity (Wildman–Crippen MR) is 199 cm³/mol. The molecule has 0 radical (unpaired) electrons. The summed E-state index contributed by atoms with van der Waals surface area (Å²) in [5, 5.41) is 0. The summed E-state index contributed by atoms with van der Waals surface area (Å²) in [4.78, 5) is 20.9. The van der Waals surface area contributed by atoms with Gasteiger partial charge < -0.3 is 0 Å². The molecular formula is C43H38N6. The Morgan fingerprint density at radius 1 is 0.469 bits per heavy atom. The van der Waals surface area contributed by atoms with Gasteiger partial charge >= 0.3 is 0 Å². The molecule has 240 valence electrons. The van der Waals surface area contributed by atoms with Gasteiger partial charge in [0.05, 0.1) is 22.1 Å². The highest BCUT2D eigenvalue weighted by Gasteiger charge is 2.57. The number of imidazole rings is 2. The van der Waals surface area contributed by atoms with Crippen LogP contribution in [0.15, 0.2) is 121 Å². The summed E-state index contributed by atoms with van der Waals surface area (Å²) in [6.07, 6.45) is 0. The molecule has 0 aliphatic heterocycles. The van der Waals surface area contributed by atoms with Crippen molar-refractivity contribution < 1.29 is 0 Å². The number of nitrogens with zero attached hydrogens (tertiary/aromatic N) is 6. The largest absolute Gasteiger partial charge is 0.276 e. The summed E-state index contributed by atoms with van der Waals surface area (Å²) in [5.41, 5.74) is 10.8. The summed E-state index contributed by atoms with van der Waals surface area (Å²) < 4.78 is 4.28. The van der Waals surface area contributed by atoms with Crippen LogP contribution in [0.2, 0.25) is 0 Å². The van der Waals surface area contributed by atoms with E-state index in [1.165, 1.54) is 11.1 Å². The minimum absolute atomic E-state index is 0.00666. The van der Waals surface area contributed by atoms with Crippen LogP contribution in [-0.4, -0.2) is 28.9 Å². The first kappa shape index (κ1) is 29.5. The van der Waals surface area contributed by atoms with Crippen molar-refractivity contribution in [3.8, 4) is 39.9 Å². The lowest BCUT2D eigenvalue weighted by molar-refractivity contribution is 0.125. The average molecular weight is 639 g/mol. The Hall–Kier alpha value is -5.62. The molecule has 8 aromatic rings. The maximum Gasteiger partial charge on any atom is 0.241 e. The zero-order valence-corrected chi connectivity index (χ0v) is 28.7. The molecule has 0 fully saturated rings. The van der Waals surface area contributed by atoms with E-state index in [1.54, 1.807) is 0 Å². The molecule has 0 unspecified atom stereocenters. The van der Waals surface area contributed by atoms with E-state index in [1.807, 2.05) is 24.3 Å². The second kappa shape index (κ2) is 10.2. The monoisotopic (exact) mass is 638 g/mol. The van der Waals surface area contributed by atoms with Crippen molar-refractivity contribution >= 4 is 27.8 Å². The molecule has 0 atom stereocenters. The van der Waals surface area contributed by atoms with E-state index >= 15 is 0 Å². The topological polar surface area (TPSA) is 60.9 Å². The van der Waals surface area contributed by atoms with Crippen LogP contribution in [0, 0.1) is 5.41 Å². The quantitative estimate of drug-likeness (QED) is 0.192. The van der Waals surface area contributed by atoms with Gasteiger partial charge in [0.15, 0.2) is 11.6 Å². The maximum absolute atomic E-state index is 5.36. The third kappa shape index (κ3) is 4.07. The van der Waals surface area contributed by atoms with Crippen LogP contribution in [0.4, 0.5) is 0 Å². The van der Waals surface area contributed by atoms with Crippen molar-refractivity contribution in [2.75, 3.05) is 0 Å². The lowest BCUT2D eigenvalue weighted by Crippen LogP contribution is -2.42. The number of aromatic nitrogens is 6. The van der Waals surface area contributed by atoms with E-state index in [9.17, 15) is 0 Å². The molecule has 0 saturated heterocycles. The molecule has 0 amide bonds. The van der Waals surface area contributed by atoms with Crippen LogP contribution < -0.4 is 0 Å². The lowest BCUT2D eigenvalue weighted by atomic mass is 9.59. The minimum atomic E-state index is -0.0906. The second-order valence-electron chi connectivity index (χ2n) is 14.9. The van der Waals surface area contributed by atoms with E-state index < -0.39 is 0 Å². The van der Waals surface area contributed by atoms with Crippen LogP contribution >= 0.6 is 0 Å². The first-order chi connectivity index (χ1) is 23.6. The Bertz CT molecular complexity index is 2570. The predicted octanol–water partition coefficient (Wildman–Crippen LogP) is 10.2. The van der Waals surface area contributed by atoms with Crippen LogP contribution in [0.25, 0.3) is 67.7 Å². The van der Waals surface area contributed by atoms with Crippen LogP contribution in [0.5, 0.6) is 0 Å². The third-order valence-corrected chi connectivity index (χ3v) is 11.9. The zero-order chi connectivity index (χ0) is 33.7. The fourth-order valence-electron chi connectivity index (χ4n) is 7.98. The first-order valence-electron chi connectivity index (χ1n) is 17.0. The molecule has 0 bridgehead atoms. The number of benzene rings is 5. The molecule has 3 aromatic heterocycles. The summed E-state index contributed by atoms with van der Waals surface area (Å²) in [6, 6.07) is 42.2. The van der Waals surface area contributed by atoms with Crippen molar-refractivity contribution in [2.45, 2.75) is 52.4 Å². The van der Waals surface area contributed by atoms with Gasteiger partial charge in [-0.3, -0.25) is 4.40 Å². The van der Waals surface area contributed by atoms with Crippen LogP contribution in [0.3, 0.4) is 0 Å². The average Bonchev–Trinajstić information content (AvgIpc) is 3.68. The van der Waals surface area contributed by atoms with Gasteiger partial charge in [-0.1, -0.05) is 126 Å². The van der Waals surface area contributed by atoms with Crippen molar-refractivity contribution in [3.63, 3.8) is 0 Å². The van der Waals surface area contributed by atoms with Crippen molar-refractivity contribution in [1.82, 2.24) is 28.9 Å². The van der Waals surface area contributed by atoms with Crippen molar-refractivity contribution in [1.29, 1.82) is 0 Å². The summed E-state index contributed by atoms with van der Waals surface area (Å²) in [5.74, 6) is 2.55. The molecule has 9 rings (SSSR count). The molecule has 0 spiro atoms. The Morgan fingerprint density at radius 3 is 1.67 bits per heavy atom. The molecule has 6 nitrogen and oxygen atoms in total. The molecule has 1 aliphatic rings. The van der Waals surface area contributed by atoms with Gasteiger partial charge in [0, 0.05) is 11.1 Å². The molecular weight excluding hydrogens is 601 g/mol. The number of hydrogen-bond donors (Lipinski definition) is 0. The number of rotatable bonds is 4. The molecule has 3 heterocycles. The summed E-state index contributed by atoms with van der Waals surface area (Å²) in [6.45, 7) is 14.3. The Morgan fingerprint density at radius 2 is 1.00 bits per heavy atom. The van der Waals surface area contributed by atoms with Gasteiger partial charge in [-0.15, -0.1) is 0 Å². The molecule has 5 aromatic carbocycles. The summed E-state index contributed by atoms with van der Waals surface area (Å²) in [7, 11) is 0. The molecule has 0 N–H and O–H groups in total. The van der Waals surface area contributed by atoms with Gasteiger partial charge in [-0.25, -0.2) is 14.5 Å². The van der Waals surface area contributed by atoms with Gasteiger partial charge in [0.25, 0.3) is 0 Å². The van der Waals surface area contributed by atoms with E-state index in [4.69, 9.17) is 19.9 Å². The highest BCUT2D eigenvalue weighted by molar-refractivity contribution is 5.92. The fourth-order valence-corrected chi connectivity index (χ4v) is 7.98. The Labute approximate surface area is 286 Å². The van der Waals surface area contributed by atoms with Gasteiger partial charge in [0.2, 0.25) is 11.7 Å². The Kier molecular flexibility index (Phi) is 6.14. The standard InChI is InChI=1S/C43H38N6/c1-41(2)31-25-29(27-17-9-7-10-18-27)30(26-32(31)42(3,4)43(41,5)6)38-45-37(28-19-11-8-12-20-28)46-39(47-38)49-36-24-16-15-23-35(36)48-34-22-14-13-21-33(34)44-40(48)49/h7-26H,1-6H3. The first-order valence-corrected chi connectivity index (χ1v) is 17.0. The van der Waals surface area contributed by atoms with Crippen molar-refractivity contribution in [2.24, 2.45) is 5.41 Å². The summed E-state index contributed by atoms with van der Waals surface area (Å²) >= 11 is 0. The van der Waals surface area contributed by atoms with Gasteiger partial charge in [-0.2, -0.15) is 9.97 Å². The van der Waals surface area contributed by atoms with E-state index in [0.717, 1.165) is 50.1 Å². The van der Waals surface area contributed by atoms with Gasteiger partial charge in [-0.05, 0) is 74.9 Å². The molecule has 49 heavy (non-hydrogen) atoms. The zero-order valence-electron chi connectivity index (χ0n) is 28.7. The SMILES string of the molecule is CC1(C)c2cc(-c3ccccc3)c(-c3nc(-c4ccccc4)nc(-n4c5ccccc5n5c6ccccc6nc45)n3)cc2C(C)(C)C1(C)C. The number of fused-ring (bicyclic) bond motifs is 6. The molecule has 1 aliphatic carbocycles. The van der Waals surface area contributed by atoms with E-state index in [0.29, 0.717) is 17.6 Å².